The lowest BCUT2D eigenvalue weighted by Crippen LogP contribution is -2.64. The maximum absolute atomic E-state index is 12.5. The van der Waals surface area contributed by atoms with E-state index in [1.807, 2.05) is 0 Å². The average Bonchev–Trinajstić information content (AvgIpc) is 2.71. The van der Waals surface area contributed by atoms with Gasteiger partial charge in [0, 0.05) is 12.8 Å². The van der Waals surface area contributed by atoms with Gasteiger partial charge in [-0.3, -0.25) is 24.1 Å². The van der Waals surface area contributed by atoms with E-state index >= 15 is 0 Å². The number of ketones is 1. The van der Waals surface area contributed by atoms with Crippen molar-refractivity contribution in [3.05, 3.63) is 35.9 Å². The Hall–Kier alpha value is -3.01. The number of Topliss-reactive ketones (excluding diaryl/α,β-unsaturated/α-hetero) is 1. The van der Waals surface area contributed by atoms with E-state index in [1.165, 1.54) is 6.92 Å². The summed E-state index contributed by atoms with van der Waals surface area (Å²) in [6.45, 7) is 5.31. The molecule has 0 spiro atoms. The van der Waals surface area contributed by atoms with Gasteiger partial charge < -0.3 is 14.3 Å². The molecule has 0 unspecified atom stereocenters. The highest BCUT2D eigenvalue weighted by Gasteiger charge is 2.54. The lowest BCUT2D eigenvalue weighted by molar-refractivity contribution is -0.182. The van der Waals surface area contributed by atoms with Crippen molar-refractivity contribution in [1.82, 2.24) is 4.90 Å². The van der Waals surface area contributed by atoms with Crippen LogP contribution in [0.4, 0.5) is 0 Å². The van der Waals surface area contributed by atoms with Crippen molar-refractivity contribution in [1.29, 1.82) is 0 Å². The Balaban J connectivity index is 2.03. The fourth-order valence-electron chi connectivity index (χ4n) is 2.82. The van der Waals surface area contributed by atoms with Gasteiger partial charge in [0.15, 0.2) is 5.12 Å². The van der Waals surface area contributed by atoms with Crippen LogP contribution < -0.4 is 0 Å². The quantitative estimate of drug-likeness (QED) is 0.258. The number of rotatable bonds is 7. The van der Waals surface area contributed by atoms with Crippen LogP contribution in [-0.2, 0) is 44.7 Å². The lowest BCUT2D eigenvalue weighted by Gasteiger charge is -2.43. The number of carbonyl (C=O) groups excluding carboxylic acids is 6. The molecule has 0 aliphatic carbocycles. The number of hydrogen-bond acceptors (Lipinski definition) is 9. The normalized spacial score (nSPS) is 17.9. The molecule has 0 bridgehead atoms. The summed E-state index contributed by atoms with van der Waals surface area (Å²) in [4.78, 5) is 73.3. The van der Waals surface area contributed by atoms with Gasteiger partial charge >= 0.3 is 17.8 Å². The highest BCUT2D eigenvalue weighted by atomic mass is 32.2. The summed E-state index contributed by atoms with van der Waals surface area (Å²) in [6, 6.07) is 8.88. The summed E-state index contributed by atoms with van der Waals surface area (Å²) in [5, 5.41) is -1.33. The minimum Gasteiger partial charge on any atom is -0.427 e. The molecule has 32 heavy (non-hydrogen) atoms. The van der Waals surface area contributed by atoms with E-state index in [0.29, 0.717) is 4.90 Å². The molecular formula is C22H25NO8S. The molecule has 1 aromatic rings. The Morgan fingerprint density at radius 3 is 2.22 bits per heavy atom. The van der Waals surface area contributed by atoms with Gasteiger partial charge in [-0.15, -0.1) is 0 Å². The lowest BCUT2D eigenvalue weighted by atomic mass is 9.92. The highest BCUT2D eigenvalue weighted by Crippen LogP contribution is 2.38. The van der Waals surface area contributed by atoms with Gasteiger partial charge in [-0.05, 0) is 33.3 Å². The van der Waals surface area contributed by atoms with E-state index in [1.54, 1.807) is 51.1 Å². The summed E-state index contributed by atoms with van der Waals surface area (Å²) < 4.78 is 9.43. The minimum absolute atomic E-state index is 0.0538. The molecule has 172 valence electrons. The highest BCUT2D eigenvalue weighted by molar-refractivity contribution is 8.14. The molecule has 0 saturated carbocycles. The average molecular weight is 464 g/mol. The molecule has 1 heterocycles. The number of imide groups is 1. The molecule has 10 heteroatoms. The van der Waals surface area contributed by atoms with E-state index in [2.05, 4.69) is 4.74 Å². The number of ether oxygens (including phenoxy) is 2. The summed E-state index contributed by atoms with van der Waals surface area (Å²) >= 11 is 0.721. The van der Waals surface area contributed by atoms with Crippen molar-refractivity contribution in [2.75, 3.05) is 6.79 Å². The first-order valence-corrected chi connectivity index (χ1v) is 10.7. The summed E-state index contributed by atoms with van der Waals surface area (Å²) in [7, 11) is 0. The van der Waals surface area contributed by atoms with Gasteiger partial charge in [0.2, 0.25) is 12.7 Å². The fourth-order valence-corrected chi connectivity index (χ4v) is 4.03. The largest absolute Gasteiger partial charge is 0.427 e. The molecule has 2 rings (SSSR count). The first-order valence-electron chi connectivity index (χ1n) is 9.86. The Morgan fingerprint density at radius 1 is 1.03 bits per heavy atom. The number of nitrogens with zero attached hydrogens (tertiary/aromatic N) is 1. The molecule has 1 saturated heterocycles. The van der Waals surface area contributed by atoms with Crippen LogP contribution >= 0.6 is 11.8 Å². The van der Waals surface area contributed by atoms with Gasteiger partial charge in [-0.1, -0.05) is 42.1 Å². The van der Waals surface area contributed by atoms with Gasteiger partial charge in [0.25, 0.3) is 0 Å². The van der Waals surface area contributed by atoms with Crippen molar-refractivity contribution < 1.29 is 38.2 Å². The molecule has 1 aromatic carbocycles. The number of benzene rings is 1. The minimum atomic E-state index is -1.40. The standard InChI is InChI=1S/C22H25NO8S/c1-13(24)10-15-17(26)23(18(27)20(28)30-12-31-21(29)22(2,3)4)19(15)32-16(25)11-14-8-6-5-7-9-14/h5-9,15,19H,10-12H2,1-4H3/t15-,19-/m1/s1. The number of amides is 2. The van der Waals surface area contributed by atoms with Gasteiger partial charge in [0.05, 0.1) is 11.3 Å². The molecule has 2 amide bonds. The second-order valence-electron chi connectivity index (χ2n) is 8.30. The SMILES string of the molecule is CC(=O)C[C@@H]1C(=O)N(C(=O)C(=O)OCOC(=O)C(C)(C)C)[C@@H]1SC(=O)Cc1ccccc1. The van der Waals surface area contributed by atoms with Crippen LogP contribution in [0.25, 0.3) is 0 Å². The predicted octanol–water partition coefficient (Wildman–Crippen LogP) is 1.87. The van der Waals surface area contributed by atoms with E-state index in [9.17, 15) is 28.8 Å². The van der Waals surface area contributed by atoms with Crippen LogP contribution in [0.15, 0.2) is 30.3 Å². The number of carbonyl (C=O) groups is 6. The Bertz CT molecular complexity index is 922. The fraction of sp³-hybridized carbons (Fsp3) is 0.455. The maximum Gasteiger partial charge on any atom is 0.400 e. The third-order valence-corrected chi connectivity index (χ3v) is 5.68. The zero-order valence-corrected chi connectivity index (χ0v) is 19.1. The van der Waals surface area contributed by atoms with Crippen LogP contribution in [0.5, 0.6) is 0 Å². The molecular weight excluding hydrogens is 438 g/mol. The molecule has 0 aromatic heterocycles. The van der Waals surface area contributed by atoms with Crippen LogP contribution in [0.3, 0.4) is 0 Å². The Morgan fingerprint density at radius 2 is 1.66 bits per heavy atom. The van der Waals surface area contributed by atoms with Gasteiger partial charge in [0.1, 0.15) is 11.2 Å². The Kier molecular flexibility index (Phi) is 8.31. The number of esters is 2. The molecule has 9 nitrogen and oxygen atoms in total. The predicted molar refractivity (Wildman–Crippen MR) is 114 cm³/mol. The summed E-state index contributed by atoms with van der Waals surface area (Å²) in [5.74, 6) is -5.24. The van der Waals surface area contributed by atoms with Crippen molar-refractivity contribution in [3.8, 4) is 0 Å². The van der Waals surface area contributed by atoms with E-state index in [0.717, 1.165) is 17.3 Å². The Labute approximate surface area is 189 Å². The number of likely N-dealkylation sites (tertiary alicyclic amines) is 1. The number of hydrogen-bond donors (Lipinski definition) is 0. The van der Waals surface area contributed by atoms with Crippen LogP contribution in [0.1, 0.15) is 39.7 Å². The van der Waals surface area contributed by atoms with E-state index in [4.69, 9.17) is 4.74 Å². The zero-order valence-electron chi connectivity index (χ0n) is 18.3. The first-order chi connectivity index (χ1) is 14.9. The second-order valence-corrected chi connectivity index (χ2v) is 9.47. The van der Waals surface area contributed by atoms with Gasteiger partial charge in [-0.25, -0.2) is 4.79 Å². The third kappa shape index (κ3) is 6.49. The van der Waals surface area contributed by atoms with E-state index in [-0.39, 0.29) is 23.7 Å². The molecule has 0 radical (unpaired) electrons. The van der Waals surface area contributed by atoms with Gasteiger partial charge in [-0.2, -0.15) is 0 Å². The van der Waals surface area contributed by atoms with Crippen molar-refractivity contribution in [2.24, 2.45) is 11.3 Å². The summed E-state index contributed by atoms with van der Waals surface area (Å²) in [6.07, 6.45) is -0.102. The monoisotopic (exact) mass is 463 g/mol. The number of thioether (sulfide) groups is 1. The van der Waals surface area contributed by atoms with Crippen molar-refractivity contribution >= 4 is 46.4 Å². The van der Waals surface area contributed by atoms with Crippen molar-refractivity contribution in [3.63, 3.8) is 0 Å². The number of β-lactam (4-membered cyclic amide) rings is 1. The molecule has 1 aliphatic rings. The third-order valence-electron chi connectivity index (χ3n) is 4.49. The first kappa shape index (κ1) is 25.3. The molecule has 0 N–H and O–H groups in total. The van der Waals surface area contributed by atoms with Crippen molar-refractivity contribution in [2.45, 2.75) is 45.9 Å². The summed E-state index contributed by atoms with van der Waals surface area (Å²) in [5.41, 5.74) is -0.0818. The molecule has 2 atom stereocenters. The smallest absolute Gasteiger partial charge is 0.400 e. The molecule has 1 fully saturated rings. The topological polar surface area (TPSA) is 124 Å². The maximum atomic E-state index is 12.5. The zero-order chi connectivity index (χ0) is 24.1. The van der Waals surface area contributed by atoms with Crippen LogP contribution in [0.2, 0.25) is 0 Å². The second kappa shape index (κ2) is 10.5. The molecule has 1 aliphatic heterocycles. The van der Waals surface area contributed by atoms with Crippen LogP contribution in [0, 0.1) is 11.3 Å². The van der Waals surface area contributed by atoms with Crippen LogP contribution in [-0.4, -0.2) is 51.7 Å². The van der Waals surface area contributed by atoms with E-state index < -0.39 is 47.3 Å².